The van der Waals surface area contributed by atoms with Gasteiger partial charge < -0.3 is 18.9 Å². The monoisotopic (exact) mass is 926 g/mol. The summed E-state index contributed by atoms with van der Waals surface area (Å²) in [4.78, 5) is 31.5. The Balaban J connectivity index is 0.00000282. The van der Waals surface area contributed by atoms with E-state index in [-0.39, 0.29) is 25.0 Å². The molecule has 0 bridgehead atoms. The molecule has 0 N–H and O–H groups in total. The van der Waals surface area contributed by atoms with Gasteiger partial charge in [-0.25, -0.2) is 0 Å². The highest BCUT2D eigenvalue weighted by Crippen LogP contribution is 2.37. The number of halogens is 4. The Morgan fingerprint density at radius 3 is 1.43 bits per heavy atom. The fourth-order valence-corrected chi connectivity index (χ4v) is 5.82. The normalized spacial score (nSPS) is 10.4. The molecule has 0 fully saturated rings. The molecular weight excluding hydrogens is 897 g/mol. The summed E-state index contributed by atoms with van der Waals surface area (Å²) in [6.45, 7) is 5.10. The Kier molecular flexibility index (Phi) is 17.6. The largest absolute Gasteiger partial charge is 0.476 e. The quantitative estimate of drug-likeness (QED) is 0.0579. The number of nitrogens with zero attached hydrogens (tertiary/aromatic N) is 2. The van der Waals surface area contributed by atoms with Crippen LogP contribution in [-0.4, -0.2) is 47.3 Å². The number of aldehydes is 2. The van der Waals surface area contributed by atoms with Gasteiger partial charge in [0.05, 0.1) is 34.4 Å². The van der Waals surface area contributed by atoms with Crippen molar-refractivity contribution in [3.63, 3.8) is 0 Å². The van der Waals surface area contributed by atoms with Crippen LogP contribution in [0.15, 0.2) is 60.7 Å². The lowest BCUT2D eigenvalue weighted by molar-refractivity contribution is 0.111. The summed E-state index contributed by atoms with van der Waals surface area (Å²) in [7, 11) is 3.21. The minimum Gasteiger partial charge on any atom is -0.476 e. The zero-order chi connectivity index (χ0) is 33.3. The van der Waals surface area contributed by atoms with Crippen LogP contribution in [0.4, 0.5) is 0 Å². The topological polar surface area (TPSA) is 96.8 Å². The smallest absolute Gasteiger partial charge is 0.227 e. The lowest BCUT2D eigenvalue weighted by Crippen LogP contribution is -2.06. The molecule has 4 rings (SSSR count). The van der Waals surface area contributed by atoms with E-state index in [1.54, 1.807) is 42.1 Å². The van der Waals surface area contributed by atoms with Crippen LogP contribution in [0.5, 0.6) is 23.5 Å². The molecule has 0 unspecified atom stereocenters. The fraction of sp³-hybridized carbons (Fsp3) is 0.250. The van der Waals surface area contributed by atoms with Gasteiger partial charge in [-0.2, -0.15) is 9.97 Å². The number of ether oxygens (including phenoxy) is 4. The summed E-state index contributed by atoms with van der Waals surface area (Å²) in [5, 5.41) is 0.954. The molecule has 46 heavy (non-hydrogen) atoms. The molecule has 0 radical (unpaired) electrons. The molecule has 0 atom stereocenters. The van der Waals surface area contributed by atoms with Crippen molar-refractivity contribution in [2.75, 3.05) is 24.7 Å². The average molecular weight is 927 g/mol. The maximum Gasteiger partial charge on any atom is 0.227 e. The molecule has 0 aliphatic rings. The Morgan fingerprint density at radius 2 is 1.07 bits per heavy atom. The van der Waals surface area contributed by atoms with Crippen molar-refractivity contribution >= 4 is 96.1 Å². The Hall–Kier alpha value is -1.98. The van der Waals surface area contributed by atoms with Crippen molar-refractivity contribution in [1.29, 1.82) is 0 Å². The van der Waals surface area contributed by atoms with E-state index in [9.17, 15) is 9.59 Å². The van der Waals surface area contributed by atoms with E-state index >= 15 is 0 Å². The molecule has 4 aromatic rings. The molecule has 0 spiro atoms. The number of carbonyl (C=O) groups excluding carboxylic acids is 2. The molecule has 2 aromatic heterocycles. The Bertz CT molecular complexity index is 1490. The lowest BCUT2D eigenvalue weighted by atomic mass is 10.0. The number of hydrogen-bond donors (Lipinski definition) is 0. The second-order valence-corrected chi connectivity index (χ2v) is 14.5. The van der Waals surface area contributed by atoms with Crippen molar-refractivity contribution in [2.24, 2.45) is 0 Å². The molecular formula is C32H30Cl2I2N2O6S2. The molecule has 0 amide bonds. The van der Waals surface area contributed by atoms with Gasteiger partial charge in [-0.3, -0.25) is 9.59 Å². The van der Waals surface area contributed by atoms with Crippen LogP contribution in [-0.2, 0) is 13.2 Å². The first-order valence-corrected chi connectivity index (χ1v) is 21.8. The van der Waals surface area contributed by atoms with Gasteiger partial charge in [0.1, 0.15) is 13.2 Å². The van der Waals surface area contributed by atoms with Crippen LogP contribution >= 0.6 is 83.5 Å². The van der Waals surface area contributed by atoms with E-state index in [2.05, 4.69) is 52.4 Å². The molecule has 0 aliphatic carbocycles. The Morgan fingerprint density at radius 1 is 0.652 bits per heavy atom. The highest BCUT2D eigenvalue weighted by Gasteiger charge is 2.16. The molecule has 8 nitrogen and oxygen atoms in total. The van der Waals surface area contributed by atoms with Gasteiger partial charge in [-0.05, 0) is 54.5 Å². The van der Waals surface area contributed by atoms with E-state index in [1.807, 2.05) is 50.2 Å². The predicted octanol–water partition coefficient (Wildman–Crippen LogP) is 10.2. The van der Waals surface area contributed by atoms with E-state index in [0.717, 1.165) is 33.8 Å². The van der Waals surface area contributed by atoms with Crippen LogP contribution in [0.2, 0.25) is 10.0 Å². The number of hydrogen-bond acceptors (Lipinski definition) is 10. The van der Waals surface area contributed by atoms with Crippen LogP contribution in [0.1, 0.15) is 45.7 Å². The van der Waals surface area contributed by atoms with Gasteiger partial charge in [0.25, 0.3) is 0 Å². The second kappa shape index (κ2) is 21.1. The zero-order valence-electron chi connectivity index (χ0n) is 24.8. The minimum atomic E-state index is 0.132. The third kappa shape index (κ3) is 11.0. The predicted molar refractivity (Wildman–Crippen MR) is 205 cm³/mol. The van der Waals surface area contributed by atoms with Gasteiger partial charge in [0.2, 0.25) is 23.5 Å². The molecule has 2 aromatic carbocycles. The van der Waals surface area contributed by atoms with E-state index < -0.39 is 0 Å². The fourth-order valence-electron chi connectivity index (χ4n) is 3.88. The standard InChI is InChI=1S/C30H24Cl2I2N2O6S2.C2H6/c31-27-21(17-41-25-9-7-19(15-37)29(35-25)39-11-13-43-33)3-1-5-23(27)24-6-2-4-22(28(24)32)18-42-26-10-8-20(16-38)30(36-26)40-12-14-44-34;1-2/h1-10,15-16H,11-14,17-18H2;1-2H3. The number of carbonyl (C=O) groups is 2. The van der Waals surface area contributed by atoms with Crippen LogP contribution in [0, 0.1) is 0 Å². The van der Waals surface area contributed by atoms with E-state index in [4.69, 9.17) is 42.1 Å². The summed E-state index contributed by atoms with van der Waals surface area (Å²) >= 11 is 18.1. The maximum absolute atomic E-state index is 11.4. The summed E-state index contributed by atoms with van der Waals surface area (Å²) in [6, 6.07) is 17.7. The molecule has 244 valence electrons. The average Bonchev–Trinajstić information content (AvgIpc) is 3.09. The minimum absolute atomic E-state index is 0.132. The van der Waals surface area contributed by atoms with Crippen molar-refractivity contribution in [2.45, 2.75) is 27.1 Å². The molecule has 0 aliphatic heterocycles. The Labute approximate surface area is 311 Å². The summed E-state index contributed by atoms with van der Waals surface area (Å²) < 4.78 is 23.1. The summed E-state index contributed by atoms with van der Waals surface area (Å²) in [5.74, 6) is 2.56. The summed E-state index contributed by atoms with van der Waals surface area (Å²) in [6.07, 6.45) is 1.40. The van der Waals surface area contributed by atoms with Crippen molar-refractivity contribution in [1.82, 2.24) is 9.97 Å². The van der Waals surface area contributed by atoms with Gasteiger partial charge in [0, 0.05) is 45.9 Å². The molecule has 0 saturated heterocycles. The molecule has 0 saturated carbocycles. The van der Waals surface area contributed by atoms with Crippen molar-refractivity contribution in [3.8, 4) is 34.6 Å². The van der Waals surface area contributed by atoms with Crippen LogP contribution < -0.4 is 18.9 Å². The third-order valence-corrected chi connectivity index (χ3v) is 10.2. The SMILES string of the molecule is CC.O=Cc1ccc(OCc2cccc(-c3cccc(COc4ccc(C=O)c(OCCSI)n4)c3Cl)c2Cl)nc1OCCSI. The number of aromatic nitrogens is 2. The van der Waals surface area contributed by atoms with Crippen LogP contribution in [0.25, 0.3) is 11.1 Å². The van der Waals surface area contributed by atoms with Crippen molar-refractivity contribution < 1.29 is 28.5 Å². The van der Waals surface area contributed by atoms with Gasteiger partial charge in [0.15, 0.2) is 12.6 Å². The van der Waals surface area contributed by atoms with E-state index in [0.29, 0.717) is 58.7 Å². The highest BCUT2D eigenvalue weighted by atomic mass is 127. The number of benzene rings is 2. The second-order valence-electron chi connectivity index (χ2n) is 8.78. The molecule has 2 heterocycles. The first-order chi connectivity index (χ1) is 22.5. The third-order valence-electron chi connectivity index (χ3n) is 5.98. The first-order valence-electron chi connectivity index (χ1n) is 13.9. The van der Waals surface area contributed by atoms with Crippen molar-refractivity contribution in [3.05, 3.63) is 93.0 Å². The summed E-state index contributed by atoms with van der Waals surface area (Å²) in [5.41, 5.74) is 3.59. The lowest BCUT2D eigenvalue weighted by Gasteiger charge is -2.15. The van der Waals surface area contributed by atoms with Gasteiger partial charge >= 0.3 is 0 Å². The molecule has 14 heteroatoms. The first kappa shape index (κ1) is 38.5. The van der Waals surface area contributed by atoms with E-state index in [1.165, 1.54) is 0 Å². The van der Waals surface area contributed by atoms with Gasteiger partial charge in [-0.1, -0.05) is 91.3 Å². The highest BCUT2D eigenvalue weighted by molar-refractivity contribution is 14.2. The van der Waals surface area contributed by atoms with Gasteiger partial charge in [-0.15, -0.1) is 0 Å². The maximum atomic E-state index is 11.4. The zero-order valence-corrected chi connectivity index (χ0v) is 32.3. The van der Waals surface area contributed by atoms with Crippen LogP contribution in [0.3, 0.4) is 0 Å². The number of rotatable bonds is 17. The number of pyridine rings is 2.